The second-order valence-electron chi connectivity index (χ2n) is 6.44. The van der Waals surface area contributed by atoms with Crippen molar-refractivity contribution in [3.8, 4) is 5.69 Å². The molecule has 0 spiro atoms. The van der Waals surface area contributed by atoms with Gasteiger partial charge in [-0.1, -0.05) is 36.0 Å². The second kappa shape index (κ2) is 8.35. The third kappa shape index (κ3) is 4.12. The van der Waals surface area contributed by atoms with Gasteiger partial charge in [-0.3, -0.25) is 9.59 Å². The molecule has 1 heterocycles. The van der Waals surface area contributed by atoms with Gasteiger partial charge in [0.05, 0.1) is 16.6 Å². The molecule has 1 unspecified atom stereocenters. The zero-order valence-corrected chi connectivity index (χ0v) is 16.9. The Kier molecular flexibility index (Phi) is 5.89. The summed E-state index contributed by atoms with van der Waals surface area (Å²) in [6, 6.07) is 12.9. The van der Waals surface area contributed by atoms with Crippen LogP contribution in [-0.4, -0.2) is 37.1 Å². The SMILES string of the molecule is CC(=O)c1ccccc1NC(=O)C(C)Sc1nnnn1-c1cccc(C)c1C. The Morgan fingerprint density at radius 1 is 1.11 bits per heavy atom. The van der Waals surface area contributed by atoms with Gasteiger partial charge in [-0.25, -0.2) is 0 Å². The first kappa shape index (κ1) is 19.8. The maximum Gasteiger partial charge on any atom is 0.237 e. The van der Waals surface area contributed by atoms with Crippen LogP contribution in [0.3, 0.4) is 0 Å². The summed E-state index contributed by atoms with van der Waals surface area (Å²) in [5.41, 5.74) is 4.07. The van der Waals surface area contributed by atoms with Gasteiger partial charge < -0.3 is 5.32 Å². The third-order valence-electron chi connectivity index (χ3n) is 4.46. The van der Waals surface area contributed by atoms with Crippen LogP contribution >= 0.6 is 11.8 Å². The lowest BCUT2D eigenvalue weighted by atomic mass is 10.1. The van der Waals surface area contributed by atoms with Crippen LogP contribution in [0.25, 0.3) is 5.69 Å². The molecule has 0 saturated heterocycles. The predicted octanol–water partition coefficient (Wildman–Crippen LogP) is 3.60. The predicted molar refractivity (Wildman–Crippen MR) is 109 cm³/mol. The number of aryl methyl sites for hydroxylation is 1. The molecule has 28 heavy (non-hydrogen) atoms. The van der Waals surface area contributed by atoms with Gasteiger partial charge in [0.1, 0.15) is 0 Å². The molecule has 3 aromatic rings. The van der Waals surface area contributed by atoms with Gasteiger partial charge >= 0.3 is 0 Å². The Morgan fingerprint density at radius 2 is 1.86 bits per heavy atom. The van der Waals surface area contributed by atoms with E-state index in [-0.39, 0.29) is 11.7 Å². The van der Waals surface area contributed by atoms with Crippen molar-refractivity contribution in [3.63, 3.8) is 0 Å². The number of thioether (sulfide) groups is 1. The highest BCUT2D eigenvalue weighted by molar-refractivity contribution is 8.00. The maximum absolute atomic E-state index is 12.7. The van der Waals surface area contributed by atoms with Crippen LogP contribution in [0.2, 0.25) is 0 Å². The molecule has 8 heteroatoms. The van der Waals surface area contributed by atoms with E-state index in [1.54, 1.807) is 35.9 Å². The molecule has 1 atom stereocenters. The minimum Gasteiger partial charge on any atom is -0.324 e. The lowest BCUT2D eigenvalue weighted by Crippen LogP contribution is -2.24. The molecular formula is C20H21N5O2S. The number of nitrogens with zero attached hydrogens (tertiary/aromatic N) is 4. The van der Waals surface area contributed by atoms with E-state index in [4.69, 9.17) is 0 Å². The van der Waals surface area contributed by atoms with E-state index < -0.39 is 5.25 Å². The summed E-state index contributed by atoms with van der Waals surface area (Å²) in [6.45, 7) is 7.29. The number of nitrogens with one attached hydrogen (secondary N) is 1. The monoisotopic (exact) mass is 395 g/mol. The molecule has 144 valence electrons. The molecule has 1 aromatic heterocycles. The summed E-state index contributed by atoms with van der Waals surface area (Å²) in [7, 11) is 0. The van der Waals surface area contributed by atoms with E-state index in [1.165, 1.54) is 18.7 Å². The third-order valence-corrected chi connectivity index (χ3v) is 5.49. The Hall–Kier alpha value is -3.00. The molecule has 0 aliphatic carbocycles. The Morgan fingerprint density at radius 3 is 2.61 bits per heavy atom. The molecule has 7 nitrogen and oxygen atoms in total. The average Bonchev–Trinajstić information content (AvgIpc) is 3.12. The molecule has 0 aliphatic rings. The van der Waals surface area contributed by atoms with Gasteiger partial charge in [0, 0.05) is 5.56 Å². The standard InChI is InChI=1S/C20H21N5O2S/c1-12-8-7-11-18(13(12)2)25-20(22-23-24-25)28-15(4)19(27)21-17-10-6-5-9-16(17)14(3)26/h5-11,15H,1-4H3,(H,21,27). The van der Waals surface area contributed by atoms with Crippen LogP contribution in [0.5, 0.6) is 0 Å². The Balaban J connectivity index is 1.79. The van der Waals surface area contributed by atoms with Crippen molar-refractivity contribution >= 4 is 29.1 Å². The van der Waals surface area contributed by atoms with Crippen LogP contribution in [-0.2, 0) is 4.79 Å². The molecule has 0 radical (unpaired) electrons. The van der Waals surface area contributed by atoms with Crippen molar-refractivity contribution in [1.29, 1.82) is 0 Å². The zero-order valence-electron chi connectivity index (χ0n) is 16.1. The van der Waals surface area contributed by atoms with E-state index >= 15 is 0 Å². The Bertz CT molecular complexity index is 1030. The van der Waals surface area contributed by atoms with Crippen molar-refractivity contribution in [1.82, 2.24) is 20.2 Å². The maximum atomic E-state index is 12.7. The number of anilines is 1. The minimum absolute atomic E-state index is 0.102. The van der Waals surface area contributed by atoms with E-state index in [1.807, 2.05) is 32.0 Å². The van der Waals surface area contributed by atoms with Gasteiger partial charge in [-0.2, -0.15) is 4.68 Å². The number of amides is 1. The van der Waals surface area contributed by atoms with Crippen LogP contribution in [0, 0.1) is 13.8 Å². The quantitative estimate of drug-likeness (QED) is 0.507. The van der Waals surface area contributed by atoms with Gasteiger partial charge in [0.25, 0.3) is 0 Å². The number of para-hydroxylation sites is 1. The van der Waals surface area contributed by atoms with Gasteiger partial charge in [0.15, 0.2) is 5.78 Å². The van der Waals surface area contributed by atoms with Gasteiger partial charge in [0.2, 0.25) is 11.1 Å². The molecule has 0 bridgehead atoms. The summed E-state index contributed by atoms with van der Waals surface area (Å²) >= 11 is 1.26. The summed E-state index contributed by atoms with van der Waals surface area (Å²) in [6.07, 6.45) is 0. The number of tetrazole rings is 1. The highest BCUT2D eigenvalue weighted by Gasteiger charge is 2.21. The number of carbonyl (C=O) groups is 2. The second-order valence-corrected chi connectivity index (χ2v) is 7.75. The lowest BCUT2D eigenvalue weighted by Gasteiger charge is -2.14. The zero-order chi connectivity index (χ0) is 20.3. The van der Waals surface area contributed by atoms with Crippen molar-refractivity contribution in [2.45, 2.75) is 38.1 Å². The van der Waals surface area contributed by atoms with Crippen LogP contribution < -0.4 is 5.32 Å². The molecule has 0 fully saturated rings. The first-order chi connectivity index (χ1) is 13.4. The topological polar surface area (TPSA) is 89.8 Å². The van der Waals surface area contributed by atoms with Crippen molar-refractivity contribution in [2.75, 3.05) is 5.32 Å². The van der Waals surface area contributed by atoms with E-state index in [0.29, 0.717) is 16.4 Å². The molecule has 3 rings (SSSR count). The molecule has 0 saturated carbocycles. The highest BCUT2D eigenvalue weighted by atomic mass is 32.2. The van der Waals surface area contributed by atoms with Crippen LogP contribution in [0.4, 0.5) is 5.69 Å². The van der Waals surface area contributed by atoms with Crippen LogP contribution in [0.15, 0.2) is 47.6 Å². The lowest BCUT2D eigenvalue weighted by molar-refractivity contribution is -0.115. The van der Waals surface area contributed by atoms with E-state index in [2.05, 4.69) is 20.8 Å². The minimum atomic E-state index is -0.463. The molecule has 1 amide bonds. The smallest absolute Gasteiger partial charge is 0.237 e. The van der Waals surface area contributed by atoms with Crippen molar-refractivity contribution in [2.24, 2.45) is 0 Å². The Labute approximate surface area is 167 Å². The van der Waals surface area contributed by atoms with Crippen molar-refractivity contribution in [3.05, 3.63) is 59.2 Å². The number of carbonyl (C=O) groups excluding carboxylic acids is 2. The number of rotatable bonds is 6. The van der Waals surface area contributed by atoms with Gasteiger partial charge in [-0.15, -0.1) is 5.10 Å². The van der Waals surface area contributed by atoms with Crippen molar-refractivity contribution < 1.29 is 9.59 Å². The molecule has 2 aromatic carbocycles. The normalized spacial score (nSPS) is 11.9. The number of benzene rings is 2. The number of aromatic nitrogens is 4. The highest BCUT2D eigenvalue weighted by Crippen LogP contribution is 2.26. The van der Waals surface area contributed by atoms with Gasteiger partial charge in [-0.05, 0) is 67.4 Å². The first-order valence-corrected chi connectivity index (χ1v) is 9.69. The largest absolute Gasteiger partial charge is 0.324 e. The fraction of sp³-hybridized carbons (Fsp3) is 0.250. The number of hydrogen-bond acceptors (Lipinski definition) is 6. The average molecular weight is 395 g/mol. The summed E-state index contributed by atoms with van der Waals surface area (Å²) < 4.78 is 1.64. The molecule has 1 N–H and O–H groups in total. The summed E-state index contributed by atoms with van der Waals surface area (Å²) in [5, 5.41) is 14.8. The first-order valence-electron chi connectivity index (χ1n) is 8.81. The van der Waals surface area contributed by atoms with Crippen LogP contribution in [0.1, 0.15) is 35.3 Å². The van der Waals surface area contributed by atoms with E-state index in [9.17, 15) is 9.59 Å². The van der Waals surface area contributed by atoms with E-state index in [0.717, 1.165) is 16.8 Å². The number of hydrogen-bond donors (Lipinski definition) is 1. The molecule has 0 aliphatic heterocycles. The fourth-order valence-electron chi connectivity index (χ4n) is 2.71. The summed E-state index contributed by atoms with van der Waals surface area (Å²) in [4.78, 5) is 24.4. The summed E-state index contributed by atoms with van der Waals surface area (Å²) in [5.74, 6) is -0.329. The number of ketones is 1. The number of Topliss-reactive ketones (excluding diaryl/α,β-unsaturated/α-hetero) is 1. The fourth-order valence-corrected chi connectivity index (χ4v) is 3.51. The molecular weight excluding hydrogens is 374 g/mol.